The summed E-state index contributed by atoms with van der Waals surface area (Å²) in [6, 6.07) is 13.4. The maximum absolute atomic E-state index is 12.8. The van der Waals surface area contributed by atoms with Crippen LogP contribution in [-0.2, 0) is 20.7 Å². The van der Waals surface area contributed by atoms with Crippen LogP contribution in [-0.4, -0.2) is 30.4 Å². The first-order chi connectivity index (χ1) is 12.5. The highest BCUT2D eigenvalue weighted by molar-refractivity contribution is 6.06. The third kappa shape index (κ3) is 3.44. The molecular formula is C20H20N2O4. The molecule has 26 heavy (non-hydrogen) atoms. The summed E-state index contributed by atoms with van der Waals surface area (Å²) in [4.78, 5) is 38.2. The minimum atomic E-state index is -0.615. The summed E-state index contributed by atoms with van der Waals surface area (Å²) in [5.74, 6) is -0.921. The maximum Gasteiger partial charge on any atom is 0.338 e. The summed E-state index contributed by atoms with van der Waals surface area (Å²) >= 11 is 0. The van der Waals surface area contributed by atoms with Crippen LogP contribution in [0.5, 0.6) is 0 Å². The number of anilines is 2. The van der Waals surface area contributed by atoms with Crippen molar-refractivity contribution in [1.29, 1.82) is 0 Å². The van der Waals surface area contributed by atoms with E-state index in [0.29, 0.717) is 17.7 Å². The Morgan fingerprint density at radius 1 is 1.15 bits per heavy atom. The third-order valence-corrected chi connectivity index (χ3v) is 4.26. The standard InChI is InChI=1S/C20H20N2O4/c1-3-26-20(25)15-8-6-9-16(11-15)21-19(24)18-12-14-7-4-5-10-17(14)22(18)13(2)23/h4-11,18H,3,12H2,1-2H3,(H,21,24). The molecule has 1 unspecified atom stereocenters. The van der Waals surface area contributed by atoms with Crippen molar-refractivity contribution in [2.24, 2.45) is 0 Å². The Labute approximate surface area is 151 Å². The molecule has 1 atom stereocenters. The topological polar surface area (TPSA) is 75.7 Å². The maximum atomic E-state index is 12.8. The fourth-order valence-corrected chi connectivity index (χ4v) is 3.15. The zero-order valence-electron chi connectivity index (χ0n) is 14.7. The SMILES string of the molecule is CCOC(=O)c1cccc(NC(=O)C2Cc3ccccc3N2C(C)=O)c1. The summed E-state index contributed by atoms with van der Waals surface area (Å²) < 4.78 is 4.97. The molecule has 0 spiro atoms. The van der Waals surface area contributed by atoms with Gasteiger partial charge in [0.25, 0.3) is 0 Å². The van der Waals surface area contributed by atoms with Crippen molar-refractivity contribution in [3.05, 3.63) is 59.7 Å². The highest BCUT2D eigenvalue weighted by atomic mass is 16.5. The molecule has 2 aromatic carbocycles. The van der Waals surface area contributed by atoms with E-state index in [1.54, 1.807) is 31.2 Å². The monoisotopic (exact) mass is 352 g/mol. The molecule has 3 rings (SSSR count). The van der Waals surface area contributed by atoms with E-state index in [9.17, 15) is 14.4 Å². The van der Waals surface area contributed by atoms with Crippen LogP contribution in [0.15, 0.2) is 48.5 Å². The average Bonchev–Trinajstić information content (AvgIpc) is 3.02. The van der Waals surface area contributed by atoms with Crippen LogP contribution < -0.4 is 10.2 Å². The van der Waals surface area contributed by atoms with Gasteiger partial charge in [-0.1, -0.05) is 24.3 Å². The van der Waals surface area contributed by atoms with Crippen LogP contribution in [0.1, 0.15) is 29.8 Å². The van der Waals surface area contributed by atoms with Crippen molar-refractivity contribution < 1.29 is 19.1 Å². The molecule has 0 bridgehead atoms. The average molecular weight is 352 g/mol. The van der Waals surface area contributed by atoms with Gasteiger partial charge >= 0.3 is 5.97 Å². The lowest BCUT2D eigenvalue weighted by Gasteiger charge is -2.23. The van der Waals surface area contributed by atoms with Crippen LogP contribution >= 0.6 is 0 Å². The molecule has 0 saturated carbocycles. The van der Waals surface area contributed by atoms with E-state index in [1.165, 1.54) is 11.8 Å². The predicted octanol–water partition coefficient (Wildman–Crippen LogP) is 2.78. The zero-order chi connectivity index (χ0) is 18.7. The fourth-order valence-electron chi connectivity index (χ4n) is 3.15. The molecule has 0 aliphatic carbocycles. The van der Waals surface area contributed by atoms with E-state index in [0.717, 1.165) is 11.3 Å². The Balaban J connectivity index is 1.79. The van der Waals surface area contributed by atoms with E-state index in [1.807, 2.05) is 24.3 Å². The number of hydrogen-bond donors (Lipinski definition) is 1. The van der Waals surface area contributed by atoms with Crippen LogP contribution in [0.3, 0.4) is 0 Å². The number of benzene rings is 2. The summed E-state index contributed by atoms with van der Waals surface area (Å²) in [5.41, 5.74) is 2.58. The highest BCUT2D eigenvalue weighted by Gasteiger charge is 2.36. The number of nitrogens with zero attached hydrogens (tertiary/aromatic N) is 1. The molecule has 1 heterocycles. The van der Waals surface area contributed by atoms with Crippen LogP contribution in [0.4, 0.5) is 11.4 Å². The fraction of sp³-hybridized carbons (Fsp3) is 0.250. The molecule has 1 aliphatic rings. The Hall–Kier alpha value is -3.15. The van der Waals surface area contributed by atoms with Crippen molar-refractivity contribution >= 4 is 29.2 Å². The lowest BCUT2D eigenvalue weighted by atomic mass is 10.1. The van der Waals surface area contributed by atoms with Gasteiger partial charge in [-0.25, -0.2) is 4.79 Å². The number of nitrogens with one attached hydrogen (secondary N) is 1. The number of carbonyl (C=O) groups is 3. The molecule has 0 radical (unpaired) electrons. The van der Waals surface area contributed by atoms with Gasteiger partial charge in [-0.3, -0.25) is 14.5 Å². The molecule has 0 saturated heterocycles. The van der Waals surface area contributed by atoms with E-state index >= 15 is 0 Å². The van der Waals surface area contributed by atoms with E-state index in [2.05, 4.69) is 5.32 Å². The zero-order valence-corrected chi connectivity index (χ0v) is 14.7. The smallest absolute Gasteiger partial charge is 0.338 e. The van der Waals surface area contributed by atoms with Crippen molar-refractivity contribution in [1.82, 2.24) is 0 Å². The number of rotatable bonds is 4. The Morgan fingerprint density at radius 3 is 2.65 bits per heavy atom. The third-order valence-electron chi connectivity index (χ3n) is 4.26. The van der Waals surface area contributed by atoms with Gasteiger partial charge in [0.05, 0.1) is 12.2 Å². The first kappa shape index (κ1) is 17.7. The van der Waals surface area contributed by atoms with Crippen LogP contribution in [0.25, 0.3) is 0 Å². The molecule has 134 valence electrons. The minimum absolute atomic E-state index is 0.185. The number of carbonyl (C=O) groups excluding carboxylic acids is 3. The summed E-state index contributed by atoms with van der Waals surface area (Å²) in [7, 11) is 0. The van der Waals surface area contributed by atoms with Crippen molar-refractivity contribution in [3.8, 4) is 0 Å². The minimum Gasteiger partial charge on any atom is -0.462 e. The molecule has 0 aromatic heterocycles. The van der Waals surface area contributed by atoms with Gasteiger partial charge < -0.3 is 10.1 Å². The number of hydrogen-bond acceptors (Lipinski definition) is 4. The second-order valence-electron chi connectivity index (χ2n) is 6.03. The molecular weight excluding hydrogens is 332 g/mol. The number of para-hydroxylation sites is 1. The number of fused-ring (bicyclic) bond motifs is 1. The largest absolute Gasteiger partial charge is 0.462 e. The molecule has 2 aromatic rings. The van der Waals surface area contributed by atoms with Gasteiger partial charge in [-0.05, 0) is 36.8 Å². The molecule has 0 fully saturated rings. The second kappa shape index (κ2) is 7.39. The first-order valence-electron chi connectivity index (χ1n) is 8.47. The predicted molar refractivity (Wildman–Crippen MR) is 98.1 cm³/mol. The van der Waals surface area contributed by atoms with Gasteiger partial charge in [-0.2, -0.15) is 0 Å². The lowest BCUT2D eigenvalue weighted by molar-refractivity contribution is -0.122. The van der Waals surface area contributed by atoms with Gasteiger partial charge in [0.2, 0.25) is 11.8 Å². The Bertz CT molecular complexity index is 862. The molecule has 6 heteroatoms. The highest BCUT2D eigenvalue weighted by Crippen LogP contribution is 2.32. The Kier molecular flexibility index (Phi) is 5.02. The van der Waals surface area contributed by atoms with Gasteiger partial charge in [0.1, 0.15) is 6.04 Å². The van der Waals surface area contributed by atoms with E-state index in [4.69, 9.17) is 4.74 Å². The van der Waals surface area contributed by atoms with Gasteiger partial charge in [-0.15, -0.1) is 0 Å². The molecule has 1 aliphatic heterocycles. The second-order valence-corrected chi connectivity index (χ2v) is 6.03. The Morgan fingerprint density at radius 2 is 1.92 bits per heavy atom. The first-order valence-corrected chi connectivity index (χ1v) is 8.47. The summed E-state index contributed by atoms with van der Waals surface area (Å²) in [6.07, 6.45) is 0.457. The number of amides is 2. The molecule has 1 N–H and O–H groups in total. The van der Waals surface area contributed by atoms with Crippen molar-refractivity contribution in [2.75, 3.05) is 16.8 Å². The number of esters is 1. The molecule has 6 nitrogen and oxygen atoms in total. The van der Waals surface area contributed by atoms with E-state index in [-0.39, 0.29) is 18.4 Å². The lowest BCUT2D eigenvalue weighted by Crippen LogP contribution is -2.44. The van der Waals surface area contributed by atoms with Crippen molar-refractivity contribution in [3.63, 3.8) is 0 Å². The quantitative estimate of drug-likeness (QED) is 0.859. The number of ether oxygens (including phenoxy) is 1. The van der Waals surface area contributed by atoms with Crippen LogP contribution in [0.2, 0.25) is 0 Å². The summed E-state index contributed by atoms with van der Waals surface area (Å²) in [5, 5.41) is 2.80. The van der Waals surface area contributed by atoms with Crippen molar-refractivity contribution in [2.45, 2.75) is 26.3 Å². The van der Waals surface area contributed by atoms with Gasteiger partial charge in [0.15, 0.2) is 0 Å². The normalized spacial score (nSPS) is 15.3. The van der Waals surface area contributed by atoms with Crippen LogP contribution in [0, 0.1) is 0 Å². The summed E-state index contributed by atoms with van der Waals surface area (Å²) in [6.45, 7) is 3.46. The van der Waals surface area contributed by atoms with E-state index < -0.39 is 12.0 Å². The van der Waals surface area contributed by atoms with Gasteiger partial charge in [0, 0.05) is 24.7 Å². The molecule has 2 amide bonds.